The van der Waals surface area contributed by atoms with E-state index in [4.69, 9.17) is 0 Å². The molecule has 2 aromatic rings. The topological polar surface area (TPSA) is 86.7 Å². The van der Waals surface area contributed by atoms with E-state index in [2.05, 4.69) is 5.32 Å². The van der Waals surface area contributed by atoms with Crippen LogP contribution in [-0.4, -0.2) is 36.8 Å². The number of carbonyl (C=O) groups excluding carboxylic acids is 1. The van der Waals surface area contributed by atoms with E-state index in [1.807, 2.05) is 0 Å². The first kappa shape index (κ1) is 16.0. The molecule has 0 saturated carbocycles. The van der Waals surface area contributed by atoms with Crippen molar-refractivity contribution >= 4 is 33.0 Å². The second-order valence-electron chi connectivity index (χ2n) is 5.26. The number of hydrogen-bond acceptors (Lipinski definition) is 5. The summed E-state index contributed by atoms with van der Waals surface area (Å²) in [6.07, 6.45) is 1.74. The molecule has 0 spiro atoms. The van der Waals surface area contributed by atoms with Crippen LogP contribution in [0.15, 0.2) is 40.6 Å². The Kier molecular flexibility index (Phi) is 4.38. The van der Waals surface area contributed by atoms with Crippen molar-refractivity contribution in [3.05, 3.63) is 40.6 Å². The predicted octanol–water partition coefficient (Wildman–Crippen LogP) is 2.49. The second kappa shape index (κ2) is 6.31. The Labute approximate surface area is 138 Å². The van der Waals surface area contributed by atoms with Crippen molar-refractivity contribution in [2.75, 3.05) is 18.4 Å². The van der Waals surface area contributed by atoms with Crippen LogP contribution in [0.25, 0.3) is 0 Å². The van der Waals surface area contributed by atoms with E-state index in [0.717, 1.165) is 24.2 Å². The lowest BCUT2D eigenvalue weighted by molar-refractivity contribution is 0.103. The molecule has 122 valence electrons. The zero-order valence-corrected chi connectivity index (χ0v) is 13.9. The maximum Gasteiger partial charge on any atom is 0.265 e. The van der Waals surface area contributed by atoms with Crippen molar-refractivity contribution in [1.29, 1.82) is 0 Å². The van der Waals surface area contributed by atoms with Gasteiger partial charge in [-0.25, -0.2) is 8.42 Å². The molecule has 1 aliphatic heterocycles. The van der Waals surface area contributed by atoms with E-state index in [0.29, 0.717) is 23.7 Å². The average molecular weight is 352 g/mol. The molecular weight excluding hydrogens is 336 g/mol. The normalized spacial score (nSPS) is 15.7. The minimum absolute atomic E-state index is 0.0475. The standard InChI is InChI=1S/C15H16N2O4S2/c18-12-5-3-4-11(8-12)16-15(19)14-9-13(10-22-14)23(20,21)17-6-1-2-7-17/h3-5,8-10,18H,1-2,6-7H2,(H,16,19). The largest absolute Gasteiger partial charge is 0.508 e. The molecule has 0 bridgehead atoms. The molecule has 1 fully saturated rings. The first-order valence-electron chi connectivity index (χ1n) is 7.16. The van der Waals surface area contributed by atoms with Gasteiger partial charge in [-0.2, -0.15) is 4.31 Å². The lowest BCUT2D eigenvalue weighted by atomic mass is 10.3. The molecule has 8 heteroatoms. The number of aromatic hydroxyl groups is 1. The third-order valence-corrected chi connectivity index (χ3v) is 6.56. The zero-order valence-electron chi connectivity index (χ0n) is 12.2. The molecule has 0 radical (unpaired) electrons. The highest BCUT2D eigenvalue weighted by Crippen LogP contribution is 2.26. The van der Waals surface area contributed by atoms with Crippen LogP contribution in [-0.2, 0) is 10.0 Å². The highest BCUT2D eigenvalue weighted by molar-refractivity contribution is 7.89. The van der Waals surface area contributed by atoms with E-state index in [9.17, 15) is 18.3 Å². The van der Waals surface area contributed by atoms with Gasteiger partial charge in [0.25, 0.3) is 5.91 Å². The molecule has 1 aliphatic rings. The van der Waals surface area contributed by atoms with Gasteiger partial charge in [-0.1, -0.05) is 6.07 Å². The molecule has 0 aliphatic carbocycles. The number of thiophene rings is 1. The van der Waals surface area contributed by atoms with E-state index < -0.39 is 15.9 Å². The second-order valence-corrected chi connectivity index (χ2v) is 8.11. The van der Waals surface area contributed by atoms with Crippen LogP contribution in [0.3, 0.4) is 0 Å². The third kappa shape index (κ3) is 3.39. The smallest absolute Gasteiger partial charge is 0.265 e. The third-order valence-electron chi connectivity index (χ3n) is 3.61. The van der Waals surface area contributed by atoms with Gasteiger partial charge in [0.15, 0.2) is 0 Å². The molecule has 3 rings (SSSR count). The average Bonchev–Trinajstić information content (AvgIpc) is 3.19. The first-order valence-corrected chi connectivity index (χ1v) is 9.48. The number of rotatable bonds is 4. The van der Waals surface area contributed by atoms with Gasteiger partial charge in [0.05, 0.1) is 9.77 Å². The summed E-state index contributed by atoms with van der Waals surface area (Å²) >= 11 is 1.09. The van der Waals surface area contributed by atoms with Gasteiger partial charge >= 0.3 is 0 Å². The Morgan fingerprint density at radius 3 is 2.65 bits per heavy atom. The van der Waals surface area contributed by atoms with Crippen molar-refractivity contribution < 1.29 is 18.3 Å². The van der Waals surface area contributed by atoms with Gasteiger partial charge in [0, 0.05) is 30.2 Å². The van der Waals surface area contributed by atoms with Crippen molar-refractivity contribution in [3.8, 4) is 5.75 Å². The summed E-state index contributed by atoms with van der Waals surface area (Å²) in [5.41, 5.74) is 0.451. The number of anilines is 1. The first-order chi connectivity index (χ1) is 11.0. The summed E-state index contributed by atoms with van der Waals surface area (Å²) < 4.78 is 26.3. The molecule has 2 N–H and O–H groups in total. The maximum absolute atomic E-state index is 12.4. The summed E-state index contributed by atoms with van der Waals surface area (Å²) in [5, 5.41) is 13.5. The monoisotopic (exact) mass is 352 g/mol. The number of nitrogens with zero attached hydrogens (tertiary/aromatic N) is 1. The van der Waals surface area contributed by atoms with Gasteiger partial charge in [0.2, 0.25) is 10.0 Å². The number of hydrogen-bond donors (Lipinski definition) is 2. The highest BCUT2D eigenvalue weighted by atomic mass is 32.2. The van der Waals surface area contributed by atoms with Gasteiger partial charge in [-0.3, -0.25) is 4.79 Å². The summed E-state index contributed by atoms with van der Waals surface area (Å²) in [5.74, 6) is -0.352. The Morgan fingerprint density at radius 1 is 1.22 bits per heavy atom. The SMILES string of the molecule is O=C(Nc1cccc(O)c1)c1cc(S(=O)(=O)N2CCCC2)cs1. The molecule has 6 nitrogen and oxygen atoms in total. The van der Waals surface area contributed by atoms with Crippen molar-refractivity contribution in [3.63, 3.8) is 0 Å². The quantitative estimate of drug-likeness (QED) is 0.885. The molecule has 23 heavy (non-hydrogen) atoms. The van der Waals surface area contributed by atoms with E-state index >= 15 is 0 Å². The minimum atomic E-state index is -3.51. The number of carbonyl (C=O) groups is 1. The van der Waals surface area contributed by atoms with E-state index in [1.165, 1.54) is 27.9 Å². The zero-order chi connectivity index (χ0) is 16.4. The Balaban J connectivity index is 1.77. The Morgan fingerprint density at radius 2 is 1.96 bits per heavy atom. The van der Waals surface area contributed by atoms with Crippen LogP contribution >= 0.6 is 11.3 Å². The fourth-order valence-electron chi connectivity index (χ4n) is 2.43. The summed E-state index contributed by atoms with van der Waals surface area (Å²) in [6, 6.07) is 7.58. The number of nitrogens with one attached hydrogen (secondary N) is 1. The number of benzene rings is 1. The number of amides is 1. The lowest BCUT2D eigenvalue weighted by Gasteiger charge is -2.13. The molecule has 0 atom stereocenters. The fourth-order valence-corrected chi connectivity index (χ4v) is 5.10. The minimum Gasteiger partial charge on any atom is -0.508 e. The molecule has 1 aromatic heterocycles. The van der Waals surface area contributed by atoms with Crippen molar-refractivity contribution in [1.82, 2.24) is 4.31 Å². The summed E-state index contributed by atoms with van der Waals surface area (Å²) in [4.78, 5) is 12.7. The van der Waals surface area contributed by atoms with Crippen LogP contribution in [0.1, 0.15) is 22.5 Å². The van der Waals surface area contributed by atoms with Gasteiger partial charge in [-0.15, -0.1) is 11.3 Å². The fraction of sp³-hybridized carbons (Fsp3) is 0.267. The molecule has 0 unspecified atom stereocenters. The number of phenols is 1. The Hall–Kier alpha value is -1.90. The van der Waals surface area contributed by atoms with Gasteiger partial charge in [-0.05, 0) is 31.0 Å². The predicted molar refractivity (Wildman–Crippen MR) is 88.4 cm³/mol. The molecule has 1 aromatic carbocycles. The highest BCUT2D eigenvalue weighted by Gasteiger charge is 2.28. The molecular formula is C15H16N2O4S2. The summed E-state index contributed by atoms with van der Waals surface area (Å²) in [7, 11) is -3.51. The molecule has 2 heterocycles. The van der Waals surface area contributed by atoms with Crippen molar-refractivity contribution in [2.24, 2.45) is 0 Å². The molecule has 1 amide bonds. The lowest BCUT2D eigenvalue weighted by Crippen LogP contribution is -2.27. The van der Waals surface area contributed by atoms with Crippen molar-refractivity contribution in [2.45, 2.75) is 17.7 Å². The summed E-state index contributed by atoms with van der Waals surface area (Å²) in [6.45, 7) is 1.06. The number of sulfonamides is 1. The maximum atomic E-state index is 12.4. The van der Waals surface area contributed by atoms with Crippen LogP contribution < -0.4 is 5.32 Å². The van der Waals surface area contributed by atoms with E-state index in [-0.39, 0.29) is 10.6 Å². The molecule has 1 saturated heterocycles. The van der Waals surface area contributed by atoms with E-state index in [1.54, 1.807) is 12.1 Å². The van der Waals surface area contributed by atoms with Gasteiger partial charge in [0.1, 0.15) is 5.75 Å². The van der Waals surface area contributed by atoms with Gasteiger partial charge < -0.3 is 10.4 Å². The van der Waals surface area contributed by atoms with Crippen LogP contribution in [0.2, 0.25) is 0 Å². The Bertz CT molecular complexity index is 824. The number of phenolic OH excluding ortho intramolecular Hbond substituents is 1. The van der Waals surface area contributed by atoms with Crippen LogP contribution in [0.5, 0.6) is 5.75 Å². The van der Waals surface area contributed by atoms with Crippen LogP contribution in [0, 0.1) is 0 Å². The van der Waals surface area contributed by atoms with Crippen LogP contribution in [0.4, 0.5) is 5.69 Å².